The average molecular weight is 190 g/mol. The van der Waals surface area contributed by atoms with Gasteiger partial charge in [0.2, 0.25) is 0 Å². The number of nitrogens with one attached hydrogen (secondary N) is 1. The zero-order chi connectivity index (χ0) is 10.6. The Bertz CT molecular complexity index is 428. The summed E-state index contributed by atoms with van der Waals surface area (Å²) in [5, 5.41) is 0. The maximum Gasteiger partial charge on any atom is 0.260 e. The summed E-state index contributed by atoms with van der Waals surface area (Å²) in [5.74, 6) is 1.96. The van der Waals surface area contributed by atoms with Gasteiger partial charge in [-0.25, -0.2) is 0 Å². The van der Waals surface area contributed by atoms with E-state index in [0.29, 0.717) is 0 Å². The maximum atomic E-state index is 11.6. The standard InChI is InChI=1S/C10H10N2O2/c1-3-7-12(2)10(14)8-5-4-6-11-9(8)13/h1,4-6H,7H2,2H3,(H,11,13). The molecule has 0 saturated heterocycles. The van der Waals surface area contributed by atoms with Crippen LogP contribution >= 0.6 is 0 Å². The molecule has 4 nitrogen and oxygen atoms in total. The quantitative estimate of drug-likeness (QED) is 0.671. The van der Waals surface area contributed by atoms with E-state index in [-0.39, 0.29) is 18.0 Å². The molecule has 1 aromatic rings. The van der Waals surface area contributed by atoms with Crippen molar-refractivity contribution >= 4 is 5.91 Å². The van der Waals surface area contributed by atoms with Crippen LogP contribution in [0, 0.1) is 12.3 Å². The molecular weight excluding hydrogens is 180 g/mol. The summed E-state index contributed by atoms with van der Waals surface area (Å²) in [6.45, 7) is 0.188. The highest BCUT2D eigenvalue weighted by atomic mass is 16.2. The number of pyridine rings is 1. The van der Waals surface area contributed by atoms with Crippen LogP contribution < -0.4 is 5.56 Å². The number of nitrogens with zero attached hydrogens (tertiary/aromatic N) is 1. The minimum absolute atomic E-state index is 0.102. The SMILES string of the molecule is C#CCN(C)C(=O)c1ccc[nH]c1=O. The number of H-pyrrole nitrogens is 1. The van der Waals surface area contributed by atoms with Crippen molar-refractivity contribution in [2.24, 2.45) is 0 Å². The lowest BCUT2D eigenvalue weighted by Gasteiger charge is -2.12. The number of hydrogen-bond donors (Lipinski definition) is 1. The first kappa shape index (κ1) is 10.1. The molecule has 1 amide bonds. The lowest BCUT2D eigenvalue weighted by Crippen LogP contribution is -2.31. The third-order valence-corrected chi connectivity index (χ3v) is 1.72. The Morgan fingerprint density at radius 2 is 2.43 bits per heavy atom. The van der Waals surface area contributed by atoms with E-state index in [9.17, 15) is 9.59 Å². The van der Waals surface area contributed by atoms with Crippen LogP contribution in [0.25, 0.3) is 0 Å². The Morgan fingerprint density at radius 1 is 1.71 bits per heavy atom. The van der Waals surface area contributed by atoms with Gasteiger partial charge in [0, 0.05) is 13.2 Å². The molecule has 0 aliphatic carbocycles. The first-order valence-electron chi connectivity index (χ1n) is 4.03. The van der Waals surface area contributed by atoms with Crippen LogP contribution in [-0.2, 0) is 0 Å². The summed E-state index contributed by atoms with van der Waals surface area (Å²) >= 11 is 0. The van der Waals surface area contributed by atoms with Gasteiger partial charge < -0.3 is 9.88 Å². The number of aromatic amines is 1. The molecule has 0 saturated carbocycles. The fourth-order valence-corrected chi connectivity index (χ4v) is 1.00. The van der Waals surface area contributed by atoms with E-state index < -0.39 is 5.56 Å². The summed E-state index contributed by atoms with van der Waals surface area (Å²) < 4.78 is 0. The van der Waals surface area contributed by atoms with Gasteiger partial charge in [-0.2, -0.15) is 0 Å². The molecular formula is C10H10N2O2. The Hall–Kier alpha value is -2.02. The molecule has 0 radical (unpaired) electrons. The van der Waals surface area contributed by atoms with Crippen LogP contribution in [0.1, 0.15) is 10.4 Å². The van der Waals surface area contributed by atoms with Gasteiger partial charge in [-0.1, -0.05) is 5.92 Å². The Kier molecular flexibility index (Phi) is 3.08. The summed E-state index contributed by atoms with van der Waals surface area (Å²) in [7, 11) is 1.55. The summed E-state index contributed by atoms with van der Waals surface area (Å²) in [6.07, 6.45) is 6.53. The fourth-order valence-electron chi connectivity index (χ4n) is 1.00. The lowest BCUT2D eigenvalue weighted by molar-refractivity contribution is 0.0811. The first-order chi connectivity index (χ1) is 6.66. The molecule has 0 spiro atoms. The van der Waals surface area contributed by atoms with Gasteiger partial charge in [0.1, 0.15) is 5.56 Å². The number of terminal acetylenes is 1. The number of hydrogen-bond acceptors (Lipinski definition) is 2. The molecule has 0 fully saturated rings. The van der Waals surface area contributed by atoms with Crippen molar-refractivity contribution in [2.75, 3.05) is 13.6 Å². The normalized spacial score (nSPS) is 9.14. The average Bonchev–Trinajstić information content (AvgIpc) is 2.18. The van der Waals surface area contributed by atoms with Crippen molar-refractivity contribution in [2.45, 2.75) is 0 Å². The molecule has 0 aliphatic heterocycles. The van der Waals surface area contributed by atoms with E-state index in [1.54, 1.807) is 13.1 Å². The van der Waals surface area contributed by atoms with Crippen LogP contribution in [0.5, 0.6) is 0 Å². The van der Waals surface area contributed by atoms with Gasteiger partial charge in [0.25, 0.3) is 11.5 Å². The van der Waals surface area contributed by atoms with E-state index in [1.807, 2.05) is 0 Å². The Balaban J connectivity index is 2.97. The number of rotatable bonds is 2. The van der Waals surface area contributed by atoms with E-state index in [0.717, 1.165) is 0 Å². The van der Waals surface area contributed by atoms with E-state index in [1.165, 1.54) is 17.2 Å². The second-order valence-corrected chi connectivity index (χ2v) is 2.78. The van der Waals surface area contributed by atoms with Gasteiger partial charge >= 0.3 is 0 Å². The predicted molar refractivity (Wildman–Crippen MR) is 52.9 cm³/mol. The molecule has 1 rings (SSSR count). The van der Waals surface area contributed by atoms with Crippen LogP contribution in [-0.4, -0.2) is 29.4 Å². The largest absolute Gasteiger partial charge is 0.330 e. The zero-order valence-electron chi connectivity index (χ0n) is 7.78. The van der Waals surface area contributed by atoms with Crippen LogP contribution in [0.15, 0.2) is 23.1 Å². The summed E-state index contributed by atoms with van der Waals surface area (Å²) in [4.78, 5) is 26.5. The molecule has 0 unspecified atom stereocenters. The fraction of sp³-hybridized carbons (Fsp3) is 0.200. The highest BCUT2D eigenvalue weighted by Crippen LogP contribution is 1.95. The third-order valence-electron chi connectivity index (χ3n) is 1.72. The van der Waals surface area contributed by atoms with Crippen LogP contribution in [0.4, 0.5) is 0 Å². The number of amides is 1. The predicted octanol–water partition coefficient (Wildman–Crippen LogP) is 0.0801. The Morgan fingerprint density at radius 3 is 3.00 bits per heavy atom. The minimum Gasteiger partial charge on any atom is -0.330 e. The van der Waals surface area contributed by atoms with Crippen molar-refractivity contribution in [3.63, 3.8) is 0 Å². The molecule has 0 aromatic carbocycles. The van der Waals surface area contributed by atoms with Gasteiger partial charge in [-0.3, -0.25) is 9.59 Å². The molecule has 72 valence electrons. The third kappa shape index (κ3) is 2.02. The van der Waals surface area contributed by atoms with Crippen molar-refractivity contribution in [1.29, 1.82) is 0 Å². The van der Waals surface area contributed by atoms with E-state index >= 15 is 0 Å². The summed E-state index contributed by atoms with van der Waals surface area (Å²) in [6, 6.07) is 3.06. The molecule has 1 N–H and O–H groups in total. The summed E-state index contributed by atoms with van der Waals surface area (Å²) in [5.41, 5.74) is -0.299. The van der Waals surface area contributed by atoms with Crippen LogP contribution in [0.2, 0.25) is 0 Å². The van der Waals surface area contributed by atoms with Crippen molar-refractivity contribution in [3.8, 4) is 12.3 Å². The van der Waals surface area contributed by atoms with Gasteiger partial charge in [-0.05, 0) is 12.1 Å². The van der Waals surface area contributed by atoms with Crippen molar-refractivity contribution < 1.29 is 4.79 Å². The molecule has 1 aromatic heterocycles. The number of carbonyl (C=O) groups excluding carboxylic acids is 1. The second kappa shape index (κ2) is 4.28. The van der Waals surface area contributed by atoms with Crippen LogP contribution in [0.3, 0.4) is 0 Å². The van der Waals surface area contributed by atoms with Gasteiger partial charge in [0.05, 0.1) is 6.54 Å². The van der Waals surface area contributed by atoms with E-state index in [4.69, 9.17) is 6.42 Å². The Labute approximate surface area is 81.6 Å². The number of carbonyl (C=O) groups is 1. The maximum absolute atomic E-state index is 11.6. The minimum atomic E-state index is -0.402. The van der Waals surface area contributed by atoms with Gasteiger partial charge in [-0.15, -0.1) is 6.42 Å². The topological polar surface area (TPSA) is 53.2 Å². The van der Waals surface area contributed by atoms with E-state index in [2.05, 4.69) is 10.9 Å². The van der Waals surface area contributed by atoms with Crippen molar-refractivity contribution in [3.05, 3.63) is 34.2 Å². The molecule has 0 atom stereocenters. The smallest absolute Gasteiger partial charge is 0.260 e. The number of aromatic nitrogens is 1. The first-order valence-corrected chi connectivity index (χ1v) is 4.03. The highest BCUT2D eigenvalue weighted by molar-refractivity contribution is 5.93. The second-order valence-electron chi connectivity index (χ2n) is 2.78. The van der Waals surface area contributed by atoms with Crippen molar-refractivity contribution in [1.82, 2.24) is 9.88 Å². The lowest BCUT2D eigenvalue weighted by atomic mass is 10.2. The molecule has 4 heteroatoms. The molecule has 0 aliphatic rings. The molecule has 14 heavy (non-hydrogen) atoms. The highest BCUT2D eigenvalue weighted by Gasteiger charge is 2.13. The zero-order valence-corrected chi connectivity index (χ0v) is 7.78. The van der Waals surface area contributed by atoms with Gasteiger partial charge in [0.15, 0.2) is 0 Å². The molecule has 0 bridgehead atoms. The molecule has 1 heterocycles. The monoisotopic (exact) mass is 190 g/mol.